The van der Waals surface area contributed by atoms with Crippen LogP contribution in [0.25, 0.3) is 26.4 Å². The molecule has 2 aromatic carbocycles. The van der Waals surface area contributed by atoms with Crippen LogP contribution in [-0.2, 0) is 4.74 Å². The number of thiazole rings is 1. The van der Waals surface area contributed by atoms with Gasteiger partial charge in [-0.3, -0.25) is 4.40 Å². The molecule has 2 aromatic heterocycles. The molecule has 28 heavy (non-hydrogen) atoms. The van der Waals surface area contributed by atoms with E-state index < -0.39 is 0 Å². The van der Waals surface area contributed by atoms with Crippen molar-refractivity contribution in [2.24, 2.45) is 0 Å². The molecule has 8 heteroatoms. The third kappa shape index (κ3) is 3.26. The summed E-state index contributed by atoms with van der Waals surface area (Å²) in [6, 6.07) is 11.7. The molecular formula is C20H20ClN3O3S. The molecule has 0 amide bonds. The van der Waals surface area contributed by atoms with Crippen LogP contribution in [0.2, 0.25) is 5.02 Å². The first kappa shape index (κ1) is 18.9. The lowest BCUT2D eigenvalue weighted by Crippen LogP contribution is -2.10. The van der Waals surface area contributed by atoms with E-state index in [-0.39, 0.29) is 0 Å². The molecule has 146 valence electrons. The quantitative estimate of drug-likeness (QED) is 0.431. The second-order valence-corrected chi connectivity index (χ2v) is 7.58. The fourth-order valence-corrected chi connectivity index (χ4v) is 4.47. The fraction of sp³-hybridized carbons (Fsp3) is 0.250. The van der Waals surface area contributed by atoms with Crippen molar-refractivity contribution in [1.29, 1.82) is 0 Å². The molecule has 0 saturated heterocycles. The molecule has 0 atom stereocenters. The van der Waals surface area contributed by atoms with Crippen LogP contribution in [0.1, 0.15) is 0 Å². The zero-order valence-corrected chi connectivity index (χ0v) is 17.4. The first-order valence-electron chi connectivity index (χ1n) is 8.72. The van der Waals surface area contributed by atoms with Crippen molar-refractivity contribution in [3.8, 4) is 22.8 Å². The average molecular weight is 418 g/mol. The largest absolute Gasteiger partial charge is 0.493 e. The number of imidazole rings is 1. The van der Waals surface area contributed by atoms with Crippen molar-refractivity contribution in [2.45, 2.75) is 0 Å². The Bertz CT molecular complexity index is 1140. The molecule has 0 radical (unpaired) electrons. The maximum Gasteiger partial charge on any atom is 0.197 e. The monoisotopic (exact) mass is 417 g/mol. The van der Waals surface area contributed by atoms with E-state index in [9.17, 15) is 0 Å². The molecule has 1 N–H and O–H groups in total. The van der Waals surface area contributed by atoms with Crippen LogP contribution in [0.3, 0.4) is 0 Å². The minimum atomic E-state index is 0.590. The highest BCUT2D eigenvalue weighted by molar-refractivity contribution is 7.23. The van der Waals surface area contributed by atoms with Crippen molar-refractivity contribution in [3.63, 3.8) is 0 Å². The number of fused-ring (bicyclic) bond motifs is 3. The van der Waals surface area contributed by atoms with Gasteiger partial charge in [-0.1, -0.05) is 22.9 Å². The normalized spacial score (nSPS) is 11.3. The van der Waals surface area contributed by atoms with E-state index in [1.54, 1.807) is 32.7 Å². The van der Waals surface area contributed by atoms with Crippen LogP contribution in [0.15, 0.2) is 36.4 Å². The maximum atomic E-state index is 6.16. The second kappa shape index (κ2) is 7.87. The number of methoxy groups -OCH3 is 3. The van der Waals surface area contributed by atoms with Gasteiger partial charge in [0.2, 0.25) is 0 Å². The smallest absolute Gasteiger partial charge is 0.197 e. The standard InChI is InChI=1S/C20H20ClN3O3S/c1-25-9-8-22-19-18(12-4-7-15(26-2)16(10-12)27-3)23-20-24(19)14-6-5-13(21)11-17(14)28-20/h4-7,10-11,22H,8-9H2,1-3H3. The number of halogens is 1. The number of anilines is 1. The van der Waals surface area contributed by atoms with E-state index in [2.05, 4.69) is 9.72 Å². The van der Waals surface area contributed by atoms with E-state index >= 15 is 0 Å². The van der Waals surface area contributed by atoms with Gasteiger partial charge in [-0.2, -0.15) is 0 Å². The predicted molar refractivity (Wildman–Crippen MR) is 114 cm³/mol. The Morgan fingerprint density at radius 2 is 1.89 bits per heavy atom. The Kier molecular flexibility index (Phi) is 5.30. The highest BCUT2D eigenvalue weighted by Crippen LogP contribution is 2.39. The van der Waals surface area contributed by atoms with E-state index in [0.717, 1.165) is 32.3 Å². The zero-order valence-electron chi connectivity index (χ0n) is 15.8. The Balaban J connectivity index is 1.91. The molecule has 2 heterocycles. The summed E-state index contributed by atoms with van der Waals surface area (Å²) in [6.45, 7) is 1.25. The number of nitrogens with zero attached hydrogens (tertiary/aromatic N) is 2. The van der Waals surface area contributed by atoms with Crippen molar-refractivity contribution in [3.05, 3.63) is 41.4 Å². The van der Waals surface area contributed by atoms with Crippen molar-refractivity contribution >= 4 is 43.9 Å². The summed E-state index contributed by atoms with van der Waals surface area (Å²) in [7, 11) is 4.94. The van der Waals surface area contributed by atoms with Gasteiger partial charge in [0.1, 0.15) is 11.5 Å². The lowest BCUT2D eigenvalue weighted by Gasteiger charge is -2.11. The topological polar surface area (TPSA) is 57.0 Å². The number of hydrogen-bond acceptors (Lipinski definition) is 6. The number of benzene rings is 2. The Hall–Kier alpha value is -2.48. The molecule has 0 fully saturated rings. The first-order chi connectivity index (χ1) is 13.7. The van der Waals surface area contributed by atoms with Crippen LogP contribution in [-0.4, -0.2) is 43.9 Å². The molecule has 0 saturated carbocycles. The summed E-state index contributed by atoms with van der Waals surface area (Å²) in [6.07, 6.45) is 0. The van der Waals surface area contributed by atoms with Crippen molar-refractivity contribution < 1.29 is 14.2 Å². The van der Waals surface area contributed by atoms with Crippen molar-refractivity contribution in [2.75, 3.05) is 39.8 Å². The third-order valence-corrected chi connectivity index (χ3v) is 5.70. The van der Waals surface area contributed by atoms with E-state index in [1.807, 2.05) is 36.4 Å². The van der Waals surface area contributed by atoms with Gasteiger partial charge < -0.3 is 19.5 Å². The van der Waals surface area contributed by atoms with Gasteiger partial charge in [-0.25, -0.2) is 4.98 Å². The Morgan fingerprint density at radius 1 is 1.07 bits per heavy atom. The van der Waals surface area contributed by atoms with Gasteiger partial charge in [0.05, 0.1) is 31.0 Å². The molecule has 0 bridgehead atoms. The summed E-state index contributed by atoms with van der Waals surface area (Å²) in [4.78, 5) is 5.79. The van der Waals surface area contributed by atoms with E-state index in [0.29, 0.717) is 29.7 Å². The van der Waals surface area contributed by atoms with E-state index in [1.165, 1.54) is 0 Å². The molecule has 4 rings (SSSR count). The molecule has 0 unspecified atom stereocenters. The first-order valence-corrected chi connectivity index (χ1v) is 9.91. The molecule has 0 aliphatic heterocycles. The minimum absolute atomic E-state index is 0.590. The number of aromatic nitrogens is 2. The van der Waals surface area contributed by atoms with Gasteiger partial charge in [0, 0.05) is 24.2 Å². The van der Waals surface area contributed by atoms with E-state index in [4.69, 9.17) is 30.8 Å². The van der Waals surface area contributed by atoms with Crippen LogP contribution in [0.5, 0.6) is 11.5 Å². The number of ether oxygens (including phenoxy) is 3. The summed E-state index contributed by atoms with van der Waals surface area (Å²) in [5, 5.41) is 4.19. The highest BCUT2D eigenvalue weighted by Gasteiger charge is 2.19. The molecule has 4 aromatic rings. The summed E-state index contributed by atoms with van der Waals surface area (Å²) in [5.74, 6) is 2.25. The van der Waals surface area contributed by atoms with Gasteiger partial charge in [-0.15, -0.1) is 0 Å². The lowest BCUT2D eigenvalue weighted by molar-refractivity contribution is 0.210. The maximum absolute atomic E-state index is 6.16. The molecule has 0 spiro atoms. The molecule has 0 aliphatic carbocycles. The third-order valence-electron chi connectivity index (χ3n) is 4.47. The number of nitrogens with one attached hydrogen (secondary N) is 1. The molecular weight excluding hydrogens is 398 g/mol. The van der Waals surface area contributed by atoms with Crippen LogP contribution in [0.4, 0.5) is 5.82 Å². The molecule has 0 aliphatic rings. The number of rotatable bonds is 7. The van der Waals surface area contributed by atoms with Gasteiger partial charge >= 0.3 is 0 Å². The lowest BCUT2D eigenvalue weighted by atomic mass is 10.1. The Labute approximate surface area is 171 Å². The van der Waals surface area contributed by atoms with Crippen LogP contribution < -0.4 is 14.8 Å². The highest BCUT2D eigenvalue weighted by atomic mass is 35.5. The summed E-state index contributed by atoms with van der Waals surface area (Å²) in [5.41, 5.74) is 2.85. The fourth-order valence-electron chi connectivity index (χ4n) is 3.16. The van der Waals surface area contributed by atoms with Gasteiger partial charge in [0.25, 0.3) is 0 Å². The minimum Gasteiger partial charge on any atom is -0.493 e. The SMILES string of the molecule is COCCNc1c(-c2ccc(OC)c(OC)c2)nc2sc3cc(Cl)ccc3n12. The molecule has 6 nitrogen and oxygen atoms in total. The Morgan fingerprint density at radius 3 is 2.64 bits per heavy atom. The average Bonchev–Trinajstić information content (AvgIpc) is 3.23. The number of hydrogen-bond donors (Lipinski definition) is 1. The van der Waals surface area contributed by atoms with Crippen LogP contribution in [0, 0.1) is 0 Å². The second-order valence-electron chi connectivity index (χ2n) is 6.13. The van der Waals surface area contributed by atoms with Crippen molar-refractivity contribution in [1.82, 2.24) is 9.38 Å². The van der Waals surface area contributed by atoms with Gasteiger partial charge in [-0.05, 0) is 36.4 Å². The van der Waals surface area contributed by atoms with Gasteiger partial charge in [0.15, 0.2) is 16.5 Å². The summed E-state index contributed by atoms with van der Waals surface area (Å²) >= 11 is 7.77. The van der Waals surface area contributed by atoms with Crippen LogP contribution >= 0.6 is 22.9 Å². The predicted octanol–water partition coefficient (Wildman–Crippen LogP) is 4.94. The summed E-state index contributed by atoms with van der Waals surface area (Å²) < 4.78 is 19.2. The zero-order chi connectivity index (χ0) is 19.7.